The van der Waals surface area contributed by atoms with E-state index in [1.54, 1.807) is 29.3 Å². The largest absolute Gasteiger partial charge is 0.372 e. The molecular formula is C23H23ClFN5O2. The first-order chi connectivity index (χ1) is 15.3. The molecular weight excluding hydrogens is 433 g/mol. The first-order valence-electron chi connectivity index (χ1n) is 10.3. The summed E-state index contributed by atoms with van der Waals surface area (Å²) in [4.78, 5) is 27.6. The van der Waals surface area contributed by atoms with Crippen molar-refractivity contribution in [3.63, 3.8) is 0 Å². The van der Waals surface area contributed by atoms with Crippen LogP contribution in [0.15, 0.2) is 42.6 Å². The molecule has 1 aromatic carbocycles. The number of anilines is 1. The first kappa shape index (κ1) is 22.1. The number of hydrogen-bond donors (Lipinski definition) is 1. The second-order valence-corrected chi connectivity index (χ2v) is 8.26. The Morgan fingerprint density at radius 2 is 1.81 bits per heavy atom. The van der Waals surface area contributed by atoms with Crippen LogP contribution in [0.25, 0.3) is 22.4 Å². The average Bonchev–Trinajstić information content (AvgIpc) is 2.73. The van der Waals surface area contributed by atoms with Crippen LogP contribution in [-0.2, 0) is 4.74 Å². The van der Waals surface area contributed by atoms with Crippen LogP contribution in [0.3, 0.4) is 0 Å². The highest BCUT2D eigenvalue weighted by molar-refractivity contribution is 6.29. The number of rotatable bonds is 3. The van der Waals surface area contributed by atoms with Gasteiger partial charge in [-0.3, -0.25) is 5.32 Å². The zero-order valence-electron chi connectivity index (χ0n) is 18.0. The van der Waals surface area contributed by atoms with E-state index in [2.05, 4.69) is 20.3 Å². The molecule has 0 unspecified atom stereocenters. The van der Waals surface area contributed by atoms with Gasteiger partial charge in [0.05, 0.1) is 17.9 Å². The minimum atomic E-state index is -0.351. The number of aromatic nitrogens is 3. The Labute approximate surface area is 190 Å². The maximum atomic E-state index is 13.5. The van der Waals surface area contributed by atoms with Gasteiger partial charge in [-0.05, 0) is 62.7 Å². The predicted octanol–water partition coefficient (Wildman–Crippen LogP) is 4.95. The molecule has 9 heteroatoms. The monoisotopic (exact) mass is 455 g/mol. The Morgan fingerprint density at radius 3 is 2.47 bits per heavy atom. The molecule has 0 bridgehead atoms. The molecule has 2 atom stereocenters. The van der Waals surface area contributed by atoms with E-state index in [1.165, 1.54) is 12.1 Å². The fourth-order valence-corrected chi connectivity index (χ4v) is 4.03. The van der Waals surface area contributed by atoms with E-state index < -0.39 is 0 Å². The Hall–Kier alpha value is -3.10. The van der Waals surface area contributed by atoms with E-state index in [-0.39, 0.29) is 30.0 Å². The number of urea groups is 1. The molecule has 32 heavy (non-hydrogen) atoms. The van der Waals surface area contributed by atoms with Crippen molar-refractivity contribution in [2.24, 2.45) is 0 Å². The van der Waals surface area contributed by atoms with Crippen molar-refractivity contribution in [2.45, 2.75) is 33.0 Å². The summed E-state index contributed by atoms with van der Waals surface area (Å²) in [5.41, 5.74) is 3.43. The van der Waals surface area contributed by atoms with Gasteiger partial charge in [0, 0.05) is 36.1 Å². The molecule has 7 nitrogen and oxygen atoms in total. The third kappa shape index (κ3) is 5.03. The van der Waals surface area contributed by atoms with Crippen LogP contribution in [0, 0.1) is 12.7 Å². The third-order valence-electron chi connectivity index (χ3n) is 5.07. The number of carbonyl (C=O) groups excluding carboxylic acids is 1. The predicted molar refractivity (Wildman–Crippen MR) is 121 cm³/mol. The highest BCUT2D eigenvalue weighted by Crippen LogP contribution is 2.32. The van der Waals surface area contributed by atoms with Crippen LogP contribution in [0.2, 0.25) is 5.15 Å². The van der Waals surface area contributed by atoms with E-state index in [0.717, 1.165) is 11.3 Å². The molecule has 3 aromatic rings. The summed E-state index contributed by atoms with van der Waals surface area (Å²) >= 11 is 6.15. The molecule has 1 aliphatic heterocycles. The van der Waals surface area contributed by atoms with Gasteiger partial charge in [-0.1, -0.05) is 11.6 Å². The summed E-state index contributed by atoms with van der Waals surface area (Å²) in [5, 5.41) is 3.12. The van der Waals surface area contributed by atoms with Gasteiger partial charge in [-0.25, -0.2) is 24.1 Å². The number of morpholine rings is 1. The van der Waals surface area contributed by atoms with Crippen LogP contribution in [0.1, 0.15) is 19.5 Å². The number of hydrogen-bond acceptors (Lipinski definition) is 5. The van der Waals surface area contributed by atoms with Gasteiger partial charge < -0.3 is 9.64 Å². The number of pyridine rings is 1. The summed E-state index contributed by atoms with van der Waals surface area (Å²) in [6, 6.07) is 9.28. The number of benzene rings is 1. The molecule has 0 aliphatic carbocycles. The molecule has 1 saturated heterocycles. The lowest BCUT2D eigenvalue weighted by Gasteiger charge is -2.35. The van der Waals surface area contributed by atoms with Crippen LogP contribution in [0.4, 0.5) is 15.1 Å². The van der Waals surface area contributed by atoms with Gasteiger partial charge in [0.1, 0.15) is 11.0 Å². The highest BCUT2D eigenvalue weighted by Gasteiger charge is 2.26. The van der Waals surface area contributed by atoms with Crippen molar-refractivity contribution in [3.8, 4) is 22.4 Å². The number of amides is 2. The van der Waals surface area contributed by atoms with Crippen molar-refractivity contribution in [1.82, 2.24) is 19.9 Å². The van der Waals surface area contributed by atoms with Gasteiger partial charge >= 0.3 is 6.03 Å². The smallest absolute Gasteiger partial charge is 0.324 e. The quantitative estimate of drug-likeness (QED) is 0.565. The standard InChI is InChI=1S/C23H23ClFN5O2/c1-13-8-17(9-20(24)27-13)19-10-26-22(28-21(19)16-4-6-18(25)7-5-16)29-23(31)30-11-14(2)32-15(3)12-30/h4-10,14-15H,11-12H2,1-3H3,(H,26,28,29,31)/t14-,15+. The summed E-state index contributed by atoms with van der Waals surface area (Å²) in [6.07, 6.45) is 1.52. The van der Waals surface area contributed by atoms with E-state index in [1.807, 2.05) is 26.8 Å². The number of nitrogens with one attached hydrogen (secondary N) is 1. The van der Waals surface area contributed by atoms with Gasteiger partial charge in [-0.15, -0.1) is 0 Å². The van der Waals surface area contributed by atoms with Crippen molar-refractivity contribution in [3.05, 3.63) is 59.3 Å². The van der Waals surface area contributed by atoms with Crippen LogP contribution < -0.4 is 5.32 Å². The fourth-order valence-electron chi connectivity index (χ4n) is 3.78. The summed E-state index contributed by atoms with van der Waals surface area (Å²) in [5.74, 6) is -0.196. The molecule has 4 rings (SSSR count). The van der Waals surface area contributed by atoms with Crippen LogP contribution in [0.5, 0.6) is 0 Å². The van der Waals surface area contributed by atoms with Crippen molar-refractivity contribution >= 4 is 23.6 Å². The normalized spacial score (nSPS) is 18.5. The zero-order valence-corrected chi connectivity index (χ0v) is 18.7. The molecule has 0 spiro atoms. The van der Waals surface area contributed by atoms with Crippen molar-refractivity contribution < 1.29 is 13.9 Å². The maximum absolute atomic E-state index is 13.5. The number of nitrogens with zero attached hydrogens (tertiary/aromatic N) is 4. The Kier molecular flexibility index (Phi) is 6.34. The minimum Gasteiger partial charge on any atom is -0.372 e. The summed E-state index contributed by atoms with van der Waals surface area (Å²) in [6.45, 7) is 6.65. The number of ether oxygens (including phenoxy) is 1. The van der Waals surface area contributed by atoms with Crippen molar-refractivity contribution in [1.29, 1.82) is 0 Å². The number of halogens is 2. The van der Waals surface area contributed by atoms with E-state index in [4.69, 9.17) is 16.3 Å². The third-order valence-corrected chi connectivity index (χ3v) is 5.26. The molecule has 1 aliphatic rings. The first-order valence-corrected chi connectivity index (χ1v) is 10.6. The molecule has 0 radical (unpaired) electrons. The average molecular weight is 456 g/mol. The number of carbonyl (C=O) groups is 1. The van der Waals surface area contributed by atoms with Gasteiger partial charge in [0.25, 0.3) is 0 Å². The topological polar surface area (TPSA) is 80.2 Å². The molecule has 1 N–H and O–H groups in total. The summed E-state index contributed by atoms with van der Waals surface area (Å²) in [7, 11) is 0. The number of aryl methyl sites for hydroxylation is 1. The fraction of sp³-hybridized carbons (Fsp3) is 0.304. The molecule has 2 amide bonds. The Morgan fingerprint density at radius 1 is 1.12 bits per heavy atom. The Bertz CT molecular complexity index is 1110. The maximum Gasteiger partial charge on any atom is 0.324 e. The van der Waals surface area contributed by atoms with Gasteiger partial charge in [0.2, 0.25) is 5.95 Å². The minimum absolute atomic E-state index is 0.0535. The molecule has 166 valence electrons. The molecule has 1 fully saturated rings. The van der Waals surface area contributed by atoms with Crippen LogP contribution >= 0.6 is 11.6 Å². The molecule has 2 aromatic heterocycles. The van der Waals surface area contributed by atoms with Gasteiger partial charge in [-0.2, -0.15) is 0 Å². The van der Waals surface area contributed by atoms with Gasteiger partial charge in [0.15, 0.2) is 0 Å². The Balaban J connectivity index is 1.70. The van der Waals surface area contributed by atoms with E-state index in [0.29, 0.717) is 35.1 Å². The van der Waals surface area contributed by atoms with E-state index >= 15 is 0 Å². The lowest BCUT2D eigenvalue weighted by molar-refractivity contribution is -0.0530. The SMILES string of the molecule is Cc1cc(-c2cnc(NC(=O)N3C[C@@H](C)O[C@@H](C)C3)nc2-c2ccc(F)cc2)cc(Cl)n1. The van der Waals surface area contributed by atoms with Crippen molar-refractivity contribution in [2.75, 3.05) is 18.4 Å². The lowest BCUT2D eigenvalue weighted by atomic mass is 10.0. The highest BCUT2D eigenvalue weighted by atomic mass is 35.5. The second-order valence-electron chi connectivity index (χ2n) is 7.88. The lowest BCUT2D eigenvalue weighted by Crippen LogP contribution is -2.49. The molecule has 3 heterocycles. The van der Waals surface area contributed by atoms with Crippen LogP contribution in [-0.4, -0.2) is 51.2 Å². The second kappa shape index (κ2) is 9.18. The summed E-state index contributed by atoms with van der Waals surface area (Å²) < 4.78 is 19.2. The zero-order chi connectivity index (χ0) is 22.8. The van der Waals surface area contributed by atoms with E-state index in [9.17, 15) is 9.18 Å². The molecule has 0 saturated carbocycles.